The normalized spacial score (nSPS) is 16.9. The van der Waals surface area contributed by atoms with Crippen molar-refractivity contribution < 1.29 is 19.0 Å². The van der Waals surface area contributed by atoms with E-state index in [1.54, 1.807) is 18.2 Å². The maximum absolute atomic E-state index is 11.9. The van der Waals surface area contributed by atoms with E-state index in [0.717, 1.165) is 0 Å². The third-order valence-electron chi connectivity index (χ3n) is 2.74. The molecule has 1 aromatic rings. The lowest BCUT2D eigenvalue weighted by atomic mass is 9.93. The molecule has 18 heavy (non-hydrogen) atoms. The summed E-state index contributed by atoms with van der Waals surface area (Å²) in [6.45, 7) is 6.52. The largest absolute Gasteiger partial charge is 0.486 e. The van der Waals surface area contributed by atoms with E-state index < -0.39 is 5.60 Å². The fourth-order valence-corrected chi connectivity index (χ4v) is 1.92. The Balaban J connectivity index is 2.18. The molecule has 0 fully saturated rings. The molecule has 0 atom stereocenters. The molecule has 0 radical (unpaired) electrons. The summed E-state index contributed by atoms with van der Waals surface area (Å²) in [5.74, 6) is 1.34. The van der Waals surface area contributed by atoms with Crippen LogP contribution >= 0.6 is 0 Å². The number of carbonyl (C=O) groups excluding carboxylic acids is 1. The molecule has 4 nitrogen and oxygen atoms in total. The Morgan fingerprint density at radius 3 is 2.89 bits per heavy atom. The third kappa shape index (κ3) is 2.82. The summed E-state index contributed by atoms with van der Waals surface area (Å²) < 4.78 is 16.3. The molecule has 0 N–H and O–H groups in total. The van der Waals surface area contributed by atoms with Crippen LogP contribution in [-0.4, -0.2) is 24.8 Å². The van der Waals surface area contributed by atoms with E-state index >= 15 is 0 Å². The van der Waals surface area contributed by atoms with Crippen LogP contribution in [0.2, 0.25) is 0 Å². The predicted molar refractivity (Wildman–Crippen MR) is 67.2 cm³/mol. The van der Waals surface area contributed by atoms with Crippen LogP contribution in [0.25, 0.3) is 0 Å². The first-order valence-electron chi connectivity index (χ1n) is 6.08. The number of carbonyl (C=O) groups is 1. The number of ether oxygens (including phenoxy) is 3. The lowest BCUT2D eigenvalue weighted by Crippen LogP contribution is -2.35. The summed E-state index contributed by atoms with van der Waals surface area (Å²) in [7, 11) is 0. The Morgan fingerprint density at radius 1 is 1.39 bits per heavy atom. The van der Waals surface area contributed by atoms with Gasteiger partial charge < -0.3 is 14.2 Å². The van der Waals surface area contributed by atoms with E-state index in [2.05, 4.69) is 0 Å². The van der Waals surface area contributed by atoms with Crippen LogP contribution in [0.1, 0.15) is 37.6 Å². The van der Waals surface area contributed by atoms with Crippen molar-refractivity contribution in [2.75, 3.05) is 13.4 Å². The van der Waals surface area contributed by atoms with E-state index in [9.17, 15) is 4.79 Å². The third-order valence-corrected chi connectivity index (χ3v) is 2.74. The summed E-state index contributed by atoms with van der Waals surface area (Å²) in [6, 6.07) is 5.25. The first kappa shape index (κ1) is 12.9. The van der Waals surface area contributed by atoms with E-state index in [-0.39, 0.29) is 12.6 Å². The van der Waals surface area contributed by atoms with Gasteiger partial charge in [0.05, 0.1) is 12.0 Å². The highest BCUT2D eigenvalue weighted by Crippen LogP contribution is 2.35. The van der Waals surface area contributed by atoms with Gasteiger partial charge in [-0.1, -0.05) is 0 Å². The van der Waals surface area contributed by atoms with Crippen LogP contribution in [-0.2, 0) is 4.74 Å². The molecule has 4 heteroatoms. The van der Waals surface area contributed by atoms with Gasteiger partial charge in [-0.05, 0) is 32.9 Å². The van der Waals surface area contributed by atoms with Gasteiger partial charge in [0, 0.05) is 12.7 Å². The van der Waals surface area contributed by atoms with Gasteiger partial charge in [-0.3, -0.25) is 4.79 Å². The number of hydrogen-bond acceptors (Lipinski definition) is 4. The Morgan fingerprint density at radius 2 is 2.17 bits per heavy atom. The van der Waals surface area contributed by atoms with Crippen molar-refractivity contribution in [1.29, 1.82) is 0 Å². The molecular formula is C14H18O4. The van der Waals surface area contributed by atoms with Gasteiger partial charge in [0.25, 0.3) is 0 Å². The standard InChI is InChI=1S/C14H18O4/c1-4-16-9-17-10-5-6-11-12(15)8-14(2,3)18-13(11)7-10/h5-7H,4,8-9H2,1-3H3. The number of Topliss-reactive ketones (excluding diaryl/α,β-unsaturated/α-hetero) is 1. The molecule has 1 aliphatic rings. The molecule has 1 heterocycles. The average molecular weight is 250 g/mol. The van der Waals surface area contributed by atoms with Crippen molar-refractivity contribution in [1.82, 2.24) is 0 Å². The van der Waals surface area contributed by atoms with Crippen molar-refractivity contribution >= 4 is 5.78 Å². The maximum atomic E-state index is 11.9. The highest BCUT2D eigenvalue weighted by atomic mass is 16.7. The van der Waals surface area contributed by atoms with Gasteiger partial charge in [0.15, 0.2) is 12.6 Å². The molecule has 1 aromatic carbocycles. The lowest BCUT2D eigenvalue weighted by Gasteiger charge is -2.31. The van der Waals surface area contributed by atoms with Crippen LogP contribution < -0.4 is 9.47 Å². The SMILES string of the molecule is CCOCOc1ccc2c(c1)OC(C)(C)CC2=O. The minimum absolute atomic E-state index is 0.109. The molecule has 0 bridgehead atoms. The minimum Gasteiger partial charge on any atom is -0.486 e. The first-order chi connectivity index (χ1) is 8.52. The van der Waals surface area contributed by atoms with Gasteiger partial charge in [0.2, 0.25) is 0 Å². The van der Waals surface area contributed by atoms with Gasteiger partial charge in [-0.15, -0.1) is 0 Å². The Bertz CT molecular complexity index is 451. The molecule has 0 amide bonds. The molecule has 1 aliphatic heterocycles. The van der Waals surface area contributed by atoms with Gasteiger partial charge in [-0.25, -0.2) is 0 Å². The van der Waals surface area contributed by atoms with E-state index in [0.29, 0.717) is 30.1 Å². The topological polar surface area (TPSA) is 44.8 Å². The van der Waals surface area contributed by atoms with Crippen LogP contribution in [0.3, 0.4) is 0 Å². The first-order valence-corrected chi connectivity index (χ1v) is 6.08. The van der Waals surface area contributed by atoms with E-state index in [1.807, 2.05) is 20.8 Å². The second-order valence-electron chi connectivity index (χ2n) is 4.87. The number of fused-ring (bicyclic) bond motifs is 1. The van der Waals surface area contributed by atoms with Gasteiger partial charge in [0.1, 0.15) is 17.1 Å². The summed E-state index contributed by atoms with van der Waals surface area (Å²) >= 11 is 0. The lowest BCUT2D eigenvalue weighted by molar-refractivity contribution is 0.0218. The zero-order chi connectivity index (χ0) is 13.2. The highest BCUT2D eigenvalue weighted by molar-refractivity contribution is 6.00. The van der Waals surface area contributed by atoms with E-state index in [1.165, 1.54) is 0 Å². The minimum atomic E-state index is -0.456. The Hall–Kier alpha value is -1.55. The molecule has 2 rings (SSSR count). The van der Waals surface area contributed by atoms with Crippen molar-refractivity contribution in [2.24, 2.45) is 0 Å². The molecule has 0 aromatic heterocycles. The molecule has 98 valence electrons. The monoisotopic (exact) mass is 250 g/mol. The Labute approximate surface area is 107 Å². The van der Waals surface area contributed by atoms with Gasteiger partial charge >= 0.3 is 0 Å². The Kier molecular flexibility index (Phi) is 3.57. The van der Waals surface area contributed by atoms with Gasteiger partial charge in [-0.2, -0.15) is 0 Å². The molecule has 0 aliphatic carbocycles. The fourth-order valence-electron chi connectivity index (χ4n) is 1.92. The highest BCUT2D eigenvalue weighted by Gasteiger charge is 2.32. The predicted octanol–water partition coefficient (Wildman–Crippen LogP) is 2.80. The second kappa shape index (κ2) is 4.98. The van der Waals surface area contributed by atoms with Crippen molar-refractivity contribution in [3.63, 3.8) is 0 Å². The van der Waals surface area contributed by atoms with Crippen LogP contribution in [0.4, 0.5) is 0 Å². The number of hydrogen-bond donors (Lipinski definition) is 0. The molecule has 0 saturated carbocycles. The fraction of sp³-hybridized carbons (Fsp3) is 0.500. The number of rotatable bonds is 4. The molecule has 0 unspecified atom stereocenters. The molecular weight excluding hydrogens is 232 g/mol. The molecule has 0 spiro atoms. The average Bonchev–Trinajstić information content (AvgIpc) is 2.27. The van der Waals surface area contributed by atoms with Crippen molar-refractivity contribution in [3.05, 3.63) is 23.8 Å². The van der Waals surface area contributed by atoms with Crippen molar-refractivity contribution in [2.45, 2.75) is 32.8 Å². The van der Waals surface area contributed by atoms with E-state index in [4.69, 9.17) is 14.2 Å². The quantitative estimate of drug-likeness (QED) is 0.609. The summed E-state index contributed by atoms with van der Waals surface area (Å²) in [4.78, 5) is 11.9. The zero-order valence-electron chi connectivity index (χ0n) is 11.0. The smallest absolute Gasteiger partial charge is 0.189 e. The maximum Gasteiger partial charge on any atom is 0.189 e. The van der Waals surface area contributed by atoms with Crippen LogP contribution in [0, 0.1) is 0 Å². The summed E-state index contributed by atoms with van der Waals surface area (Å²) in [5.41, 5.74) is 0.167. The number of ketones is 1. The van der Waals surface area contributed by atoms with Crippen molar-refractivity contribution in [3.8, 4) is 11.5 Å². The van der Waals surface area contributed by atoms with Crippen LogP contribution in [0.5, 0.6) is 11.5 Å². The molecule has 0 saturated heterocycles. The summed E-state index contributed by atoms with van der Waals surface area (Å²) in [5, 5.41) is 0. The zero-order valence-corrected chi connectivity index (χ0v) is 11.0. The second-order valence-corrected chi connectivity index (χ2v) is 4.87. The van der Waals surface area contributed by atoms with Crippen LogP contribution in [0.15, 0.2) is 18.2 Å². The summed E-state index contributed by atoms with van der Waals surface area (Å²) in [6.07, 6.45) is 0.402. The number of benzene rings is 1.